The molecule has 0 saturated carbocycles. The van der Waals surface area contributed by atoms with Crippen LogP contribution in [-0.2, 0) is 14.6 Å². The predicted molar refractivity (Wildman–Crippen MR) is 86.8 cm³/mol. The van der Waals surface area contributed by atoms with Crippen LogP contribution in [0.15, 0.2) is 18.8 Å². The highest BCUT2D eigenvalue weighted by atomic mass is 79.9. The van der Waals surface area contributed by atoms with Crippen LogP contribution in [0.3, 0.4) is 0 Å². The number of aromatic nitrogens is 3. The van der Waals surface area contributed by atoms with Crippen LogP contribution in [0, 0.1) is 0 Å². The van der Waals surface area contributed by atoms with Crippen LogP contribution in [0.2, 0.25) is 0 Å². The summed E-state index contributed by atoms with van der Waals surface area (Å²) < 4.78 is 26.6. The monoisotopic (exact) mass is 461 g/mol. The minimum absolute atomic E-state index is 0.254. The molecule has 0 aromatic carbocycles. The molecule has 0 N–H and O–H groups in total. The third-order valence-electron chi connectivity index (χ3n) is 2.42. The molecule has 0 radical (unpaired) electrons. The third-order valence-corrected chi connectivity index (χ3v) is 5.87. The number of thiophene rings is 1. The van der Waals surface area contributed by atoms with E-state index in [0.29, 0.717) is 5.82 Å². The molecule has 0 aliphatic carbocycles. The molecule has 0 aliphatic heterocycles. The summed E-state index contributed by atoms with van der Waals surface area (Å²) >= 11 is 8.30. The number of rotatable bonds is 2. The van der Waals surface area contributed by atoms with E-state index in [9.17, 15) is 8.42 Å². The second-order valence-corrected chi connectivity index (χ2v) is 11.2. The normalized spacial score (nSPS) is 12.9. The molecular formula is C10H10Br2ClN3O2S2. The lowest BCUT2D eigenvalue weighted by molar-refractivity contribution is 0.367. The average molecular weight is 464 g/mol. The van der Waals surface area contributed by atoms with E-state index in [4.69, 9.17) is 10.7 Å². The summed E-state index contributed by atoms with van der Waals surface area (Å²) in [5.41, 5.74) is 0.222. The third kappa shape index (κ3) is 3.11. The molecule has 2 heterocycles. The van der Waals surface area contributed by atoms with Crippen molar-refractivity contribution in [2.75, 3.05) is 0 Å². The van der Waals surface area contributed by atoms with Gasteiger partial charge in [0.05, 0.1) is 7.57 Å². The Morgan fingerprint density at radius 3 is 2.30 bits per heavy atom. The van der Waals surface area contributed by atoms with E-state index < -0.39 is 14.6 Å². The Labute approximate surface area is 142 Å². The summed E-state index contributed by atoms with van der Waals surface area (Å²) in [4.78, 5) is 0. The van der Waals surface area contributed by atoms with Gasteiger partial charge in [0.25, 0.3) is 14.2 Å². The van der Waals surface area contributed by atoms with Crippen molar-refractivity contribution in [1.82, 2.24) is 14.8 Å². The molecule has 0 atom stereocenters. The number of hydrogen-bond acceptors (Lipinski definition) is 5. The van der Waals surface area contributed by atoms with Crippen molar-refractivity contribution in [3.8, 4) is 11.4 Å². The van der Waals surface area contributed by atoms with Gasteiger partial charge in [0.1, 0.15) is 0 Å². The summed E-state index contributed by atoms with van der Waals surface area (Å²) in [6.45, 7) is 5.59. The highest BCUT2D eigenvalue weighted by molar-refractivity contribution is 9.12. The van der Waals surface area contributed by atoms with Crippen molar-refractivity contribution in [3.05, 3.63) is 13.6 Å². The smallest absolute Gasteiger partial charge is 0.291 e. The van der Waals surface area contributed by atoms with Gasteiger partial charge in [-0.3, -0.25) is 4.57 Å². The fraction of sp³-hybridized carbons (Fsp3) is 0.400. The van der Waals surface area contributed by atoms with E-state index in [1.165, 1.54) is 15.9 Å². The highest BCUT2D eigenvalue weighted by Gasteiger charge is 2.31. The summed E-state index contributed by atoms with van der Waals surface area (Å²) in [5.74, 6) is 0.450. The number of hydrogen-bond donors (Lipinski definition) is 0. The van der Waals surface area contributed by atoms with Crippen molar-refractivity contribution < 1.29 is 8.42 Å². The molecule has 2 aromatic rings. The largest absolute Gasteiger partial charge is 0.296 e. The van der Waals surface area contributed by atoms with Crippen molar-refractivity contribution >= 4 is 62.9 Å². The fourth-order valence-corrected chi connectivity index (χ4v) is 5.51. The van der Waals surface area contributed by atoms with E-state index in [2.05, 4.69) is 42.1 Å². The van der Waals surface area contributed by atoms with Gasteiger partial charge in [0.2, 0.25) is 0 Å². The number of halogens is 3. The first-order valence-electron chi connectivity index (χ1n) is 5.37. The van der Waals surface area contributed by atoms with Crippen molar-refractivity contribution in [2.45, 2.75) is 31.5 Å². The molecule has 0 saturated heterocycles. The summed E-state index contributed by atoms with van der Waals surface area (Å²) in [6, 6.07) is 1.85. The lowest BCUT2D eigenvalue weighted by Crippen LogP contribution is -2.25. The maximum Gasteiger partial charge on any atom is 0.296 e. The Morgan fingerprint density at radius 1 is 1.30 bits per heavy atom. The van der Waals surface area contributed by atoms with Gasteiger partial charge in [0.15, 0.2) is 5.82 Å². The Balaban J connectivity index is 2.80. The van der Waals surface area contributed by atoms with Gasteiger partial charge in [-0.25, -0.2) is 8.42 Å². The van der Waals surface area contributed by atoms with Gasteiger partial charge in [-0.1, -0.05) is 0 Å². The highest BCUT2D eigenvalue weighted by Crippen LogP contribution is 2.40. The van der Waals surface area contributed by atoms with Gasteiger partial charge in [-0.2, -0.15) is 0 Å². The minimum atomic E-state index is -3.97. The standard InChI is InChI=1S/C10H10Br2ClN3O2S2/c1-10(2,3)16-8(5-4-6(11)19-7(5)12)14-15-9(16)20(13,17)18/h4H,1-3H3. The zero-order chi connectivity index (χ0) is 15.3. The molecule has 0 bridgehead atoms. The van der Waals surface area contributed by atoms with E-state index in [1.54, 1.807) is 0 Å². The molecule has 0 spiro atoms. The van der Waals surface area contributed by atoms with E-state index >= 15 is 0 Å². The molecule has 2 aromatic heterocycles. The summed E-state index contributed by atoms with van der Waals surface area (Å²) in [6.07, 6.45) is 0. The van der Waals surface area contributed by atoms with Gasteiger partial charge in [0, 0.05) is 21.8 Å². The molecule has 2 rings (SSSR count). The molecule has 20 heavy (non-hydrogen) atoms. The van der Waals surface area contributed by atoms with Gasteiger partial charge in [-0.15, -0.1) is 21.5 Å². The van der Waals surface area contributed by atoms with Crippen LogP contribution in [0.1, 0.15) is 20.8 Å². The lowest BCUT2D eigenvalue weighted by Gasteiger charge is -2.23. The first kappa shape index (κ1) is 16.4. The quantitative estimate of drug-likeness (QED) is 0.626. The topological polar surface area (TPSA) is 64.8 Å². The molecule has 0 unspecified atom stereocenters. The minimum Gasteiger partial charge on any atom is -0.291 e. The van der Waals surface area contributed by atoms with Crippen molar-refractivity contribution in [2.24, 2.45) is 0 Å². The van der Waals surface area contributed by atoms with Crippen LogP contribution in [0.5, 0.6) is 0 Å². The van der Waals surface area contributed by atoms with Gasteiger partial charge in [-0.05, 0) is 58.7 Å². The molecule has 0 fully saturated rings. The second-order valence-electron chi connectivity index (χ2n) is 4.99. The van der Waals surface area contributed by atoms with Gasteiger partial charge >= 0.3 is 0 Å². The Kier molecular flexibility index (Phi) is 4.39. The van der Waals surface area contributed by atoms with Crippen LogP contribution in [0.25, 0.3) is 11.4 Å². The Hall–Kier alpha value is 0.0400. The summed E-state index contributed by atoms with van der Waals surface area (Å²) in [7, 11) is 1.47. The Bertz CT molecular complexity index is 762. The van der Waals surface area contributed by atoms with Crippen LogP contribution < -0.4 is 0 Å². The van der Waals surface area contributed by atoms with E-state index in [1.807, 2.05) is 26.8 Å². The lowest BCUT2D eigenvalue weighted by atomic mass is 10.1. The molecule has 0 amide bonds. The van der Waals surface area contributed by atoms with Crippen LogP contribution >= 0.6 is 53.9 Å². The summed E-state index contributed by atoms with van der Waals surface area (Å²) in [5, 5.41) is 7.49. The first-order valence-corrected chi connectivity index (χ1v) is 10.1. The molecule has 10 heteroatoms. The Morgan fingerprint density at radius 2 is 1.90 bits per heavy atom. The molecule has 5 nitrogen and oxygen atoms in total. The molecule has 110 valence electrons. The van der Waals surface area contributed by atoms with Crippen LogP contribution in [-0.4, -0.2) is 23.2 Å². The number of nitrogens with zero attached hydrogens (tertiary/aromatic N) is 3. The zero-order valence-electron chi connectivity index (χ0n) is 10.7. The molecule has 0 aliphatic rings. The second kappa shape index (κ2) is 5.35. The first-order chi connectivity index (χ1) is 9.01. The molecular weight excluding hydrogens is 454 g/mol. The average Bonchev–Trinajstić information content (AvgIpc) is 2.79. The predicted octanol–water partition coefficient (Wildman–Crippen LogP) is 4.21. The van der Waals surface area contributed by atoms with Crippen LogP contribution in [0.4, 0.5) is 0 Å². The van der Waals surface area contributed by atoms with E-state index in [-0.39, 0.29) is 5.16 Å². The maximum absolute atomic E-state index is 11.7. The van der Waals surface area contributed by atoms with Crippen molar-refractivity contribution in [1.29, 1.82) is 0 Å². The maximum atomic E-state index is 11.7. The SMILES string of the molecule is CC(C)(C)n1c(-c2cc(Br)sc2Br)nnc1S(=O)(=O)Cl. The van der Waals surface area contributed by atoms with E-state index in [0.717, 1.165) is 13.1 Å². The fourth-order valence-electron chi connectivity index (χ4n) is 1.70. The van der Waals surface area contributed by atoms with Gasteiger partial charge < -0.3 is 0 Å². The van der Waals surface area contributed by atoms with Crippen molar-refractivity contribution in [3.63, 3.8) is 0 Å². The zero-order valence-corrected chi connectivity index (χ0v) is 16.2.